The number of amides is 1. The molecule has 0 N–H and O–H groups in total. The van der Waals surface area contributed by atoms with Crippen molar-refractivity contribution in [1.29, 1.82) is 0 Å². The SMILES string of the molecule is O=C(CN1CCc2sccc2C1)N1CCC(C(F)c2ccccc2F)CC1. The molecular weight excluding hydrogens is 366 g/mol. The molecule has 1 amide bonds. The van der Waals surface area contributed by atoms with Crippen molar-refractivity contribution in [2.24, 2.45) is 5.92 Å². The van der Waals surface area contributed by atoms with Gasteiger partial charge in [0.1, 0.15) is 12.0 Å². The topological polar surface area (TPSA) is 23.6 Å². The molecule has 2 aromatic rings. The smallest absolute Gasteiger partial charge is 0.236 e. The first-order valence-corrected chi connectivity index (χ1v) is 10.4. The summed E-state index contributed by atoms with van der Waals surface area (Å²) >= 11 is 1.79. The van der Waals surface area contributed by atoms with Crippen LogP contribution in [0.5, 0.6) is 0 Å². The number of carbonyl (C=O) groups excluding carboxylic acids is 1. The maximum atomic E-state index is 14.7. The van der Waals surface area contributed by atoms with Crippen LogP contribution in [0.2, 0.25) is 0 Å². The maximum absolute atomic E-state index is 14.7. The van der Waals surface area contributed by atoms with E-state index in [4.69, 9.17) is 0 Å². The van der Waals surface area contributed by atoms with E-state index >= 15 is 0 Å². The minimum atomic E-state index is -1.30. The molecule has 3 heterocycles. The Morgan fingerprint density at radius 1 is 1.19 bits per heavy atom. The number of benzene rings is 1. The molecule has 6 heteroatoms. The second kappa shape index (κ2) is 8.07. The minimum Gasteiger partial charge on any atom is -0.342 e. The van der Waals surface area contributed by atoms with Crippen molar-refractivity contribution >= 4 is 17.2 Å². The highest BCUT2D eigenvalue weighted by Crippen LogP contribution is 2.35. The molecule has 0 radical (unpaired) electrons. The maximum Gasteiger partial charge on any atom is 0.236 e. The zero-order chi connectivity index (χ0) is 18.8. The van der Waals surface area contributed by atoms with Gasteiger partial charge in [-0.1, -0.05) is 18.2 Å². The van der Waals surface area contributed by atoms with E-state index in [1.807, 2.05) is 4.90 Å². The van der Waals surface area contributed by atoms with Crippen LogP contribution in [0.25, 0.3) is 0 Å². The van der Waals surface area contributed by atoms with E-state index in [9.17, 15) is 13.6 Å². The third-order valence-corrected chi connectivity index (χ3v) is 6.78. The molecule has 1 atom stereocenters. The molecule has 2 aliphatic rings. The number of piperidine rings is 1. The molecule has 1 unspecified atom stereocenters. The summed E-state index contributed by atoms with van der Waals surface area (Å²) in [5, 5.41) is 2.11. The van der Waals surface area contributed by atoms with Gasteiger partial charge < -0.3 is 4.90 Å². The second-order valence-electron chi connectivity index (χ2n) is 7.47. The summed E-state index contributed by atoms with van der Waals surface area (Å²) in [6.45, 7) is 3.27. The quantitative estimate of drug-likeness (QED) is 0.781. The molecule has 1 saturated heterocycles. The molecule has 144 valence electrons. The first-order valence-electron chi connectivity index (χ1n) is 9.55. The number of fused-ring (bicyclic) bond motifs is 1. The van der Waals surface area contributed by atoms with Crippen LogP contribution in [0.4, 0.5) is 8.78 Å². The van der Waals surface area contributed by atoms with Gasteiger partial charge in [-0.05, 0) is 48.3 Å². The zero-order valence-electron chi connectivity index (χ0n) is 15.2. The van der Waals surface area contributed by atoms with Crippen LogP contribution in [0, 0.1) is 11.7 Å². The Labute approximate surface area is 162 Å². The Hall–Kier alpha value is -1.79. The van der Waals surface area contributed by atoms with Crippen LogP contribution >= 0.6 is 11.3 Å². The number of alkyl halides is 1. The lowest BCUT2D eigenvalue weighted by Crippen LogP contribution is -2.45. The third-order valence-electron chi connectivity index (χ3n) is 5.75. The average molecular weight is 390 g/mol. The van der Waals surface area contributed by atoms with Crippen molar-refractivity contribution in [2.75, 3.05) is 26.2 Å². The number of rotatable bonds is 4. The molecular formula is C21H24F2N2OS. The highest BCUT2D eigenvalue weighted by Gasteiger charge is 2.31. The normalized spacial score (nSPS) is 19.7. The second-order valence-corrected chi connectivity index (χ2v) is 8.47. The first-order chi connectivity index (χ1) is 13.1. The molecule has 2 aliphatic heterocycles. The molecule has 1 aromatic heterocycles. The van der Waals surface area contributed by atoms with Crippen molar-refractivity contribution in [2.45, 2.75) is 32.0 Å². The number of likely N-dealkylation sites (tertiary alicyclic amines) is 1. The van der Waals surface area contributed by atoms with Gasteiger partial charge in [0.05, 0.1) is 6.54 Å². The number of thiophene rings is 1. The Balaban J connectivity index is 1.29. The molecule has 1 aromatic carbocycles. The Morgan fingerprint density at radius 2 is 1.96 bits per heavy atom. The van der Waals surface area contributed by atoms with Crippen LogP contribution in [0.1, 0.15) is 35.0 Å². The molecule has 1 fully saturated rings. The fraction of sp³-hybridized carbons (Fsp3) is 0.476. The van der Waals surface area contributed by atoms with Gasteiger partial charge in [0, 0.05) is 36.6 Å². The predicted molar refractivity (Wildman–Crippen MR) is 103 cm³/mol. The summed E-state index contributed by atoms with van der Waals surface area (Å²) in [6.07, 6.45) is 0.864. The van der Waals surface area contributed by atoms with Crippen LogP contribution in [0.15, 0.2) is 35.7 Å². The molecule has 4 rings (SSSR count). The summed E-state index contributed by atoms with van der Waals surface area (Å²) in [4.78, 5) is 18.1. The predicted octanol–water partition coefficient (Wildman–Crippen LogP) is 4.19. The summed E-state index contributed by atoms with van der Waals surface area (Å²) in [6, 6.07) is 8.21. The van der Waals surface area contributed by atoms with Gasteiger partial charge in [0.15, 0.2) is 0 Å². The average Bonchev–Trinajstić information content (AvgIpc) is 3.16. The Bertz CT molecular complexity index is 801. The summed E-state index contributed by atoms with van der Waals surface area (Å²) in [5.41, 5.74) is 1.48. The highest BCUT2D eigenvalue weighted by atomic mass is 32.1. The van der Waals surface area contributed by atoms with Gasteiger partial charge >= 0.3 is 0 Å². The number of hydrogen-bond acceptors (Lipinski definition) is 3. The van der Waals surface area contributed by atoms with Crippen LogP contribution in [0.3, 0.4) is 0 Å². The van der Waals surface area contributed by atoms with Crippen molar-refractivity contribution in [1.82, 2.24) is 9.80 Å². The zero-order valence-corrected chi connectivity index (χ0v) is 16.1. The van der Waals surface area contributed by atoms with Gasteiger partial charge in [-0.15, -0.1) is 11.3 Å². The van der Waals surface area contributed by atoms with Crippen molar-refractivity contribution in [3.05, 3.63) is 57.5 Å². The standard InChI is InChI=1S/C21H24F2N2OS/c22-18-4-2-1-3-17(18)21(23)15-5-10-25(11-6-15)20(26)14-24-9-7-19-16(13-24)8-12-27-19/h1-4,8,12,15,21H,5-7,9-11,13-14H2. The molecule has 3 nitrogen and oxygen atoms in total. The van der Waals surface area contributed by atoms with E-state index in [2.05, 4.69) is 16.3 Å². The molecule has 0 bridgehead atoms. The highest BCUT2D eigenvalue weighted by molar-refractivity contribution is 7.10. The van der Waals surface area contributed by atoms with Gasteiger partial charge in [0.2, 0.25) is 5.91 Å². The van der Waals surface area contributed by atoms with E-state index < -0.39 is 12.0 Å². The largest absolute Gasteiger partial charge is 0.342 e. The molecule has 0 aliphatic carbocycles. The van der Waals surface area contributed by atoms with Crippen LogP contribution in [-0.4, -0.2) is 41.9 Å². The number of nitrogens with zero attached hydrogens (tertiary/aromatic N) is 2. The lowest BCUT2D eigenvalue weighted by Gasteiger charge is -2.35. The Morgan fingerprint density at radius 3 is 2.74 bits per heavy atom. The van der Waals surface area contributed by atoms with Gasteiger partial charge in [-0.2, -0.15) is 0 Å². The van der Waals surface area contributed by atoms with E-state index in [-0.39, 0.29) is 17.4 Å². The monoisotopic (exact) mass is 390 g/mol. The fourth-order valence-corrected chi connectivity index (χ4v) is 5.02. The first kappa shape index (κ1) is 18.6. The van der Waals surface area contributed by atoms with Gasteiger partial charge in [0.25, 0.3) is 0 Å². The van der Waals surface area contributed by atoms with E-state index in [1.54, 1.807) is 23.5 Å². The number of carbonyl (C=O) groups is 1. The lowest BCUT2D eigenvalue weighted by atomic mass is 9.88. The van der Waals surface area contributed by atoms with Gasteiger partial charge in [-0.3, -0.25) is 9.69 Å². The number of hydrogen-bond donors (Lipinski definition) is 0. The third kappa shape index (κ3) is 4.06. The number of halogens is 2. The van der Waals surface area contributed by atoms with Crippen molar-refractivity contribution in [3.63, 3.8) is 0 Å². The van der Waals surface area contributed by atoms with Crippen molar-refractivity contribution in [3.8, 4) is 0 Å². The molecule has 0 saturated carbocycles. The summed E-state index contributed by atoms with van der Waals surface area (Å²) < 4.78 is 28.6. The molecule has 0 spiro atoms. The van der Waals surface area contributed by atoms with Crippen LogP contribution < -0.4 is 0 Å². The van der Waals surface area contributed by atoms with Crippen LogP contribution in [-0.2, 0) is 17.8 Å². The minimum absolute atomic E-state index is 0.119. The summed E-state index contributed by atoms with van der Waals surface area (Å²) in [5.74, 6) is -0.593. The van der Waals surface area contributed by atoms with Crippen molar-refractivity contribution < 1.29 is 13.6 Å². The van der Waals surface area contributed by atoms with E-state index in [1.165, 1.54) is 22.6 Å². The van der Waals surface area contributed by atoms with Gasteiger partial charge in [-0.25, -0.2) is 8.78 Å². The lowest BCUT2D eigenvalue weighted by molar-refractivity contribution is -0.134. The van der Waals surface area contributed by atoms with E-state index in [0.717, 1.165) is 19.5 Å². The Kier molecular flexibility index (Phi) is 5.55. The summed E-state index contributed by atoms with van der Waals surface area (Å²) in [7, 11) is 0. The fourth-order valence-electron chi connectivity index (χ4n) is 4.13. The van der Waals surface area contributed by atoms with E-state index in [0.29, 0.717) is 32.5 Å². The molecule has 27 heavy (non-hydrogen) atoms.